The highest BCUT2D eigenvalue weighted by Crippen LogP contribution is 2.38. The maximum atomic E-state index is 14.1. The number of hydrogen-bond donors (Lipinski definition) is 2. The quantitative estimate of drug-likeness (QED) is 0.387. The van der Waals surface area contributed by atoms with Gasteiger partial charge in [0.15, 0.2) is 0 Å². The van der Waals surface area contributed by atoms with Crippen molar-refractivity contribution in [2.45, 2.75) is 25.6 Å². The second-order valence-corrected chi connectivity index (χ2v) is 9.86. The van der Waals surface area contributed by atoms with Crippen LogP contribution in [0.3, 0.4) is 0 Å². The van der Waals surface area contributed by atoms with Crippen LogP contribution in [-0.2, 0) is 24.1 Å². The summed E-state index contributed by atoms with van der Waals surface area (Å²) < 4.78 is 35.4. The summed E-state index contributed by atoms with van der Waals surface area (Å²) in [7, 11) is 0. The number of anilines is 2. The number of aromatic nitrogens is 3. The molecule has 0 saturated carbocycles. The van der Waals surface area contributed by atoms with Crippen LogP contribution < -0.4 is 10.6 Å². The first-order valence-electron chi connectivity index (χ1n) is 12.9. The third-order valence-electron chi connectivity index (χ3n) is 7.54. The van der Waals surface area contributed by atoms with Crippen LogP contribution >= 0.6 is 0 Å². The first-order valence-corrected chi connectivity index (χ1v) is 12.9. The molecule has 0 radical (unpaired) electrons. The molecule has 3 N–H and O–H groups in total. The van der Waals surface area contributed by atoms with Gasteiger partial charge in [-0.3, -0.25) is 4.90 Å². The fourth-order valence-electron chi connectivity index (χ4n) is 5.52. The fourth-order valence-corrected chi connectivity index (χ4v) is 5.52. The molecule has 1 atom stereocenters. The Labute approximate surface area is 219 Å². The summed E-state index contributed by atoms with van der Waals surface area (Å²) in [5.41, 5.74) is 11.2. The van der Waals surface area contributed by atoms with E-state index in [1.807, 2.05) is 17.0 Å². The van der Waals surface area contributed by atoms with Crippen molar-refractivity contribution in [2.75, 3.05) is 50.0 Å². The lowest BCUT2D eigenvalue weighted by Gasteiger charge is -2.26. The molecule has 2 aliphatic rings. The molecule has 0 bridgehead atoms. The van der Waals surface area contributed by atoms with E-state index in [-0.39, 0.29) is 12.0 Å². The SMILES string of the molecule is Nc1ncnc2c1c(-c1ccc3c(c1)CCN3C(O)Cc1cc(F)ccc1F)cn2CCN1CCOCC1. The van der Waals surface area contributed by atoms with Gasteiger partial charge in [0.2, 0.25) is 0 Å². The largest absolute Gasteiger partial charge is 0.383 e. The first kappa shape index (κ1) is 24.7. The van der Waals surface area contributed by atoms with Gasteiger partial charge in [0, 0.05) is 56.6 Å². The molecule has 4 aromatic rings. The van der Waals surface area contributed by atoms with Gasteiger partial charge in [-0.2, -0.15) is 0 Å². The molecule has 2 aliphatic heterocycles. The lowest BCUT2D eigenvalue weighted by atomic mass is 10.0. The van der Waals surface area contributed by atoms with Crippen LogP contribution in [0.4, 0.5) is 20.3 Å². The average molecular weight is 521 g/mol. The Morgan fingerprint density at radius 2 is 1.87 bits per heavy atom. The number of aliphatic hydroxyl groups is 1. The second kappa shape index (κ2) is 10.3. The smallest absolute Gasteiger partial charge is 0.146 e. The minimum absolute atomic E-state index is 0.00467. The van der Waals surface area contributed by atoms with E-state index >= 15 is 0 Å². The number of benzene rings is 2. The van der Waals surface area contributed by atoms with E-state index in [1.165, 1.54) is 6.33 Å². The summed E-state index contributed by atoms with van der Waals surface area (Å²) in [4.78, 5) is 13.0. The Kier molecular flexibility index (Phi) is 6.69. The fraction of sp³-hybridized carbons (Fsp3) is 0.357. The highest BCUT2D eigenvalue weighted by molar-refractivity contribution is 6.01. The van der Waals surface area contributed by atoms with Gasteiger partial charge in [-0.1, -0.05) is 6.07 Å². The van der Waals surface area contributed by atoms with Crippen LogP contribution in [0.25, 0.3) is 22.2 Å². The molecule has 38 heavy (non-hydrogen) atoms. The number of rotatable bonds is 7. The predicted molar refractivity (Wildman–Crippen MR) is 142 cm³/mol. The summed E-state index contributed by atoms with van der Waals surface area (Å²) in [6.07, 6.45) is 3.34. The number of nitrogens with zero attached hydrogens (tertiary/aromatic N) is 5. The Hall–Kier alpha value is -3.60. The molecule has 198 valence electrons. The molecular weight excluding hydrogens is 490 g/mol. The molecule has 1 unspecified atom stereocenters. The van der Waals surface area contributed by atoms with Crippen LogP contribution in [-0.4, -0.2) is 70.2 Å². The molecule has 1 fully saturated rings. The molecule has 2 aromatic heterocycles. The van der Waals surface area contributed by atoms with E-state index in [1.54, 1.807) is 0 Å². The van der Waals surface area contributed by atoms with E-state index in [2.05, 4.69) is 31.7 Å². The number of morpholine rings is 1. The standard InChI is InChI=1S/C28H30F2N6O2/c29-21-2-3-23(30)20(14-21)15-25(37)36-6-5-19-13-18(1-4-24(19)36)22-16-35(8-7-34-9-11-38-12-10-34)28-26(22)27(31)32-17-33-28/h1-4,13-14,16-17,25,37H,5-12,15H2,(H2,31,32,33). The summed E-state index contributed by atoms with van der Waals surface area (Å²) >= 11 is 0. The number of ether oxygens (including phenoxy) is 1. The van der Waals surface area contributed by atoms with Crippen LogP contribution in [0.1, 0.15) is 11.1 Å². The minimum Gasteiger partial charge on any atom is -0.383 e. The van der Waals surface area contributed by atoms with Crippen molar-refractivity contribution in [2.24, 2.45) is 0 Å². The van der Waals surface area contributed by atoms with Gasteiger partial charge in [0.1, 0.15) is 35.7 Å². The summed E-state index contributed by atoms with van der Waals surface area (Å²) in [6, 6.07) is 9.39. The number of nitrogen functional groups attached to an aromatic ring is 1. The van der Waals surface area contributed by atoms with E-state index < -0.39 is 17.9 Å². The van der Waals surface area contributed by atoms with Gasteiger partial charge in [-0.05, 0) is 53.4 Å². The van der Waals surface area contributed by atoms with Gasteiger partial charge in [-0.15, -0.1) is 0 Å². The number of hydrogen-bond acceptors (Lipinski definition) is 7. The molecular formula is C28H30F2N6O2. The zero-order valence-electron chi connectivity index (χ0n) is 21.0. The maximum absolute atomic E-state index is 14.1. The van der Waals surface area contributed by atoms with Crippen molar-refractivity contribution in [3.63, 3.8) is 0 Å². The van der Waals surface area contributed by atoms with Gasteiger partial charge in [0.25, 0.3) is 0 Å². The zero-order valence-corrected chi connectivity index (χ0v) is 21.0. The number of fused-ring (bicyclic) bond motifs is 2. The number of halogens is 2. The Bertz CT molecular complexity index is 1470. The van der Waals surface area contributed by atoms with Crippen LogP contribution in [0, 0.1) is 11.6 Å². The van der Waals surface area contributed by atoms with Crippen molar-refractivity contribution >= 4 is 22.5 Å². The van der Waals surface area contributed by atoms with Crippen LogP contribution in [0.15, 0.2) is 48.9 Å². The molecule has 1 saturated heterocycles. The van der Waals surface area contributed by atoms with Crippen molar-refractivity contribution in [3.8, 4) is 11.1 Å². The molecule has 10 heteroatoms. The molecule has 0 aliphatic carbocycles. The highest BCUT2D eigenvalue weighted by atomic mass is 19.1. The Morgan fingerprint density at radius 1 is 1.03 bits per heavy atom. The maximum Gasteiger partial charge on any atom is 0.146 e. The van der Waals surface area contributed by atoms with Crippen molar-refractivity contribution in [1.82, 2.24) is 19.4 Å². The van der Waals surface area contributed by atoms with Crippen LogP contribution in [0.5, 0.6) is 0 Å². The number of nitrogens with two attached hydrogens (primary N) is 1. The van der Waals surface area contributed by atoms with Gasteiger partial charge in [0.05, 0.1) is 18.6 Å². The highest BCUT2D eigenvalue weighted by Gasteiger charge is 2.27. The van der Waals surface area contributed by atoms with Crippen molar-refractivity contribution < 1.29 is 18.6 Å². The minimum atomic E-state index is -0.968. The van der Waals surface area contributed by atoms with Gasteiger partial charge >= 0.3 is 0 Å². The summed E-state index contributed by atoms with van der Waals surface area (Å²) in [5, 5.41) is 11.7. The molecule has 2 aromatic carbocycles. The van der Waals surface area contributed by atoms with E-state index in [0.717, 1.165) is 97.4 Å². The molecule has 4 heterocycles. The van der Waals surface area contributed by atoms with Crippen molar-refractivity contribution in [1.29, 1.82) is 0 Å². The summed E-state index contributed by atoms with van der Waals surface area (Å²) in [6.45, 7) is 5.59. The Balaban J connectivity index is 1.27. The predicted octanol–water partition coefficient (Wildman–Crippen LogP) is 3.21. The number of aliphatic hydroxyl groups excluding tert-OH is 1. The average Bonchev–Trinajstić information content (AvgIpc) is 3.52. The monoisotopic (exact) mass is 520 g/mol. The van der Waals surface area contributed by atoms with E-state index in [9.17, 15) is 13.9 Å². The third kappa shape index (κ3) is 4.70. The van der Waals surface area contributed by atoms with E-state index in [0.29, 0.717) is 12.4 Å². The van der Waals surface area contributed by atoms with E-state index in [4.69, 9.17) is 10.5 Å². The zero-order chi connectivity index (χ0) is 26.2. The van der Waals surface area contributed by atoms with Crippen LogP contribution in [0.2, 0.25) is 0 Å². The molecule has 0 amide bonds. The molecule has 8 nitrogen and oxygen atoms in total. The molecule has 6 rings (SSSR count). The first-order chi connectivity index (χ1) is 18.5. The van der Waals surface area contributed by atoms with Gasteiger partial charge < -0.3 is 25.0 Å². The Morgan fingerprint density at radius 3 is 2.71 bits per heavy atom. The normalized spacial score (nSPS) is 16.8. The molecule has 0 spiro atoms. The van der Waals surface area contributed by atoms with Gasteiger partial charge in [-0.25, -0.2) is 18.7 Å². The lowest BCUT2D eigenvalue weighted by Crippen LogP contribution is -2.38. The lowest BCUT2D eigenvalue weighted by molar-refractivity contribution is 0.0365. The van der Waals surface area contributed by atoms with Crippen molar-refractivity contribution in [3.05, 3.63) is 71.7 Å². The topological polar surface area (TPSA) is 92.7 Å². The second-order valence-electron chi connectivity index (χ2n) is 9.86. The summed E-state index contributed by atoms with van der Waals surface area (Å²) in [5.74, 6) is -0.609. The third-order valence-corrected chi connectivity index (χ3v) is 7.54.